The van der Waals surface area contributed by atoms with Crippen LogP contribution in [0.15, 0.2) is 91.0 Å². The molecule has 0 aliphatic heterocycles. The third kappa shape index (κ3) is 5.21. The highest BCUT2D eigenvalue weighted by Crippen LogP contribution is 2.42. The smallest absolute Gasteiger partial charge is 0.144 e. The first-order valence-corrected chi connectivity index (χ1v) is 11.1. The highest BCUT2D eigenvalue weighted by molar-refractivity contribution is 5.47. The van der Waals surface area contributed by atoms with Crippen LogP contribution in [0, 0.1) is 12.3 Å². The van der Waals surface area contributed by atoms with Gasteiger partial charge in [-0.15, -0.1) is 12.3 Å². The number of benzene rings is 3. The van der Waals surface area contributed by atoms with Crippen LogP contribution in [-0.4, -0.2) is 6.10 Å². The molecule has 3 rings (SSSR count). The number of rotatable bonds is 11. The van der Waals surface area contributed by atoms with Crippen LogP contribution in [0.5, 0.6) is 0 Å². The molecule has 1 unspecified atom stereocenters. The van der Waals surface area contributed by atoms with Crippen molar-refractivity contribution in [1.82, 2.24) is 0 Å². The quantitative estimate of drug-likeness (QED) is 0.187. The first kappa shape index (κ1) is 21.9. The zero-order valence-corrected chi connectivity index (χ0v) is 18.0. The predicted octanol–water partition coefficient (Wildman–Crippen LogP) is 7.36. The first-order chi connectivity index (χ1) is 14.8. The zero-order valence-electron chi connectivity index (χ0n) is 18.0. The summed E-state index contributed by atoms with van der Waals surface area (Å²) in [6.07, 6.45) is 12.2. The van der Waals surface area contributed by atoms with Crippen LogP contribution >= 0.6 is 0 Å². The molecule has 0 aliphatic carbocycles. The van der Waals surface area contributed by atoms with E-state index in [4.69, 9.17) is 11.2 Å². The second-order valence-electron chi connectivity index (χ2n) is 7.78. The lowest BCUT2D eigenvalue weighted by Crippen LogP contribution is -2.37. The molecule has 0 amide bonds. The molecule has 0 radical (unpaired) electrons. The Morgan fingerprint density at radius 3 is 1.60 bits per heavy atom. The molecule has 0 aliphatic rings. The molecule has 154 valence electrons. The van der Waals surface area contributed by atoms with Crippen LogP contribution < -0.4 is 0 Å². The van der Waals surface area contributed by atoms with E-state index in [0.29, 0.717) is 6.42 Å². The molecule has 1 heteroatoms. The summed E-state index contributed by atoms with van der Waals surface area (Å²) in [5.74, 6) is 2.86. The van der Waals surface area contributed by atoms with Crippen molar-refractivity contribution in [2.45, 2.75) is 57.2 Å². The van der Waals surface area contributed by atoms with Gasteiger partial charge in [0.05, 0.1) is 6.10 Å². The lowest BCUT2D eigenvalue weighted by atomic mass is 9.79. The van der Waals surface area contributed by atoms with E-state index in [9.17, 15) is 0 Å². The lowest BCUT2D eigenvalue weighted by molar-refractivity contribution is -0.0493. The standard InChI is InChI=1S/C29H32O/c1-3-5-6-16-24-28(17-4-2)30-29(25-18-10-7-11-19-25,26-20-12-8-13-21-26)27-22-14-9-15-23-27/h2,7-15,18-23,28H,3,5-6,16-17,24H2,1H3. The summed E-state index contributed by atoms with van der Waals surface area (Å²) in [4.78, 5) is 0. The molecule has 1 nitrogen and oxygen atoms in total. The second-order valence-corrected chi connectivity index (χ2v) is 7.78. The zero-order chi connectivity index (χ0) is 21.1. The van der Waals surface area contributed by atoms with Crippen molar-refractivity contribution in [2.24, 2.45) is 0 Å². The van der Waals surface area contributed by atoms with Crippen molar-refractivity contribution in [3.05, 3.63) is 108 Å². The maximum atomic E-state index is 7.07. The molecule has 3 aromatic carbocycles. The second kappa shape index (κ2) is 11.4. The average molecular weight is 397 g/mol. The van der Waals surface area contributed by atoms with Gasteiger partial charge in [-0.3, -0.25) is 0 Å². The molecule has 0 saturated heterocycles. The van der Waals surface area contributed by atoms with E-state index in [1.165, 1.54) is 19.3 Å². The molecule has 3 aromatic rings. The van der Waals surface area contributed by atoms with Gasteiger partial charge in [0.2, 0.25) is 0 Å². The Morgan fingerprint density at radius 1 is 0.733 bits per heavy atom. The number of hydrogen-bond donors (Lipinski definition) is 0. The molecule has 0 N–H and O–H groups in total. The van der Waals surface area contributed by atoms with Crippen molar-refractivity contribution in [2.75, 3.05) is 0 Å². The molecule has 30 heavy (non-hydrogen) atoms. The third-order valence-corrected chi connectivity index (χ3v) is 5.61. The fourth-order valence-corrected chi connectivity index (χ4v) is 4.11. The summed E-state index contributed by atoms with van der Waals surface area (Å²) in [5.41, 5.74) is 2.67. The summed E-state index contributed by atoms with van der Waals surface area (Å²) < 4.78 is 7.07. The van der Waals surface area contributed by atoms with E-state index in [-0.39, 0.29) is 6.10 Å². The van der Waals surface area contributed by atoms with E-state index in [1.807, 2.05) is 18.2 Å². The molecule has 1 atom stereocenters. The van der Waals surface area contributed by atoms with Gasteiger partial charge in [0, 0.05) is 6.42 Å². The molecule has 0 saturated carbocycles. The van der Waals surface area contributed by atoms with Gasteiger partial charge in [-0.25, -0.2) is 0 Å². The summed E-state index contributed by atoms with van der Waals surface area (Å²) in [6.45, 7) is 2.24. The van der Waals surface area contributed by atoms with Crippen molar-refractivity contribution in [3.63, 3.8) is 0 Å². The monoisotopic (exact) mass is 396 g/mol. The average Bonchev–Trinajstić information content (AvgIpc) is 2.82. The van der Waals surface area contributed by atoms with Crippen LogP contribution in [0.4, 0.5) is 0 Å². The fourth-order valence-electron chi connectivity index (χ4n) is 4.11. The Bertz CT molecular complexity index is 797. The van der Waals surface area contributed by atoms with Gasteiger partial charge in [0.15, 0.2) is 0 Å². The maximum absolute atomic E-state index is 7.07. The summed E-state index contributed by atoms with van der Waals surface area (Å²) >= 11 is 0. The summed E-state index contributed by atoms with van der Waals surface area (Å²) in [5, 5.41) is 0. The number of unbranched alkanes of at least 4 members (excludes halogenated alkanes) is 3. The van der Waals surface area contributed by atoms with Crippen LogP contribution in [0.3, 0.4) is 0 Å². The SMILES string of the molecule is C#CCC(CCCCCC)OC(c1ccccc1)(c1ccccc1)c1ccccc1. The maximum Gasteiger partial charge on any atom is 0.144 e. The first-order valence-electron chi connectivity index (χ1n) is 11.1. The molecular formula is C29H32O. The normalized spacial score (nSPS) is 12.3. The van der Waals surface area contributed by atoms with Gasteiger partial charge < -0.3 is 4.74 Å². The lowest BCUT2D eigenvalue weighted by Gasteiger charge is -2.39. The highest BCUT2D eigenvalue weighted by Gasteiger charge is 2.39. The molecule has 0 heterocycles. The summed E-state index contributed by atoms with van der Waals surface area (Å²) in [6, 6.07) is 31.6. The molecule has 0 aromatic heterocycles. The molecule has 0 spiro atoms. The molecular weight excluding hydrogens is 364 g/mol. The Kier molecular flexibility index (Phi) is 8.30. The van der Waals surface area contributed by atoms with Gasteiger partial charge in [0.1, 0.15) is 5.60 Å². The van der Waals surface area contributed by atoms with Crippen LogP contribution in [0.1, 0.15) is 62.1 Å². The number of ether oxygens (including phenoxy) is 1. The highest BCUT2D eigenvalue weighted by atomic mass is 16.5. The largest absolute Gasteiger partial charge is 0.357 e. The molecule has 0 bridgehead atoms. The van der Waals surface area contributed by atoms with E-state index < -0.39 is 5.60 Å². The van der Waals surface area contributed by atoms with Crippen LogP contribution in [0.25, 0.3) is 0 Å². The number of hydrogen-bond acceptors (Lipinski definition) is 1. The fraction of sp³-hybridized carbons (Fsp3) is 0.310. The van der Waals surface area contributed by atoms with E-state index in [0.717, 1.165) is 29.5 Å². The Morgan fingerprint density at radius 2 is 1.20 bits per heavy atom. The topological polar surface area (TPSA) is 9.23 Å². The third-order valence-electron chi connectivity index (χ3n) is 5.61. The van der Waals surface area contributed by atoms with Gasteiger partial charge in [0.25, 0.3) is 0 Å². The van der Waals surface area contributed by atoms with Crippen molar-refractivity contribution >= 4 is 0 Å². The Balaban J connectivity index is 2.09. The van der Waals surface area contributed by atoms with Gasteiger partial charge in [-0.2, -0.15) is 0 Å². The van der Waals surface area contributed by atoms with Gasteiger partial charge in [-0.1, -0.05) is 124 Å². The van der Waals surface area contributed by atoms with E-state index in [2.05, 4.69) is 85.6 Å². The minimum Gasteiger partial charge on any atom is -0.357 e. The number of terminal acetylenes is 1. The minimum absolute atomic E-state index is 0.00697. The van der Waals surface area contributed by atoms with Crippen molar-refractivity contribution in [3.8, 4) is 12.3 Å². The van der Waals surface area contributed by atoms with Crippen molar-refractivity contribution < 1.29 is 4.74 Å². The Labute approximate surface area is 182 Å². The van der Waals surface area contributed by atoms with Gasteiger partial charge >= 0.3 is 0 Å². The minimum atomic E-state index is -0.698. The summed E-state index contributed by atoms with van der Waals surface area (Å²) in [7, 11) is 0. The molecule has 0 fully saturated rings. The van der Waals surface area contributed by atoms with Gasteiger partial charge in [-0.05, 0) is 23.1 Å². The van der Waals surface area contributed by atoms with E-state index in [1.54, 1.807) is 0 Å². The van der Waals surface area contributed by atoms with Crippen LogP contribution in [0.2, 0.25) is 0 Å². The predicted molar refractivity (Wildman–Crippen MR) is 126 cm³/mol. The van der Waals surface area contributed by atoms with E-state index >= 15 is 0 Å². The Hall–Kier alpha value is -2.82. The van der Waals surface area contributed by atoms with Crippen molar-refractivity contribution in [1.29, 1.82) is 0 Å². The van der Waals surface area contributed by atoms with Crippen LogP contribution in [-0.2, 0) is 10.3 Å².